The molecule has 0 bridgehead atoms. The van der Waals surface area contributed by atoms with Crippen LogP contribution in [0.2, 0.25) is 0 Å². The van der Waals surface area contributed by atoms with Crippen LogP contribution in [0, 0.1) is 0 Å². The summed E-state index contributed by atoms with van der Waals surface area (Å²) >= 11 is 0. The van der Waals surface area contributed by atoms with Crippen molar-refractivity contribution in [3.63, 3.8) is 0 Å². The fraction of sp³-hybridized carbons (Fsp3) is 0.909. The van der Waals surface area contributed by atoms with E-state index in [1.165, 1.54) is 0 Å². The summed E-state index contributed by atoms with van der Waals surface area (Å²) in [5.41, 5.74) is 0. The fourth-order valence-electron chi connectivity index (χ4n) is 2.00. The molecule has 0 aliphatic carbocycles. The summed E-state index contributed by atoms with van der Waals surface area (Å²) < 4.78 is 30.7. The van der Waals surface area contributed by atoms with Crippen LogP contribution in [0.5, 0.6) is 0 Å². The van der Waals surface area contributed by atoms with Gasteiger partial charge >= 0.3 is 5.97 Å². The Bertz CT molecular complexity index is 373. The standard InChI is InChI=1S/C11H21NO5S/c1-9(2)12(7-11(13)14)18(15,16)8-10-5-3-4-6-17-10/h9-10H,3-8H2,1-2H3,(H,13,14). The minimum Gasteiger partial charge on any atom is -0.480 e. The number of hydrogen-bond donors (Lipinski definition) is 1. The first-order valence-corrected chi connectivity index (χ1v) is 7.77. The Kier molecular flexibility index (Phi) is 5.55. The Morgan fingerprint density at radius 2 is 2.11 bits per heavy atom. The molecule has 1 rings (SSSR count). The molecule has 1 atom stereocenters. The molecule has 1 N–H and O–H groups in total. The molecule has 0 spiro atoms. The molecule has 0 aromatic carbocycles. The van der Waals surface area contributed by atoms with E-state index in [1.807, 2.05) is 0 Å². The lowest BCUT2D eigenvalue weighted by molar-refractivity contribution is -0.137. The van der Waals surface area contributed by atoms with Gasteiger partial charge in [0.05, 0.1) is 11.9 Å². The SMILES string of the molecule is CC(C)N(CC(=O)O)S(=O)(=O)CC1CCCCO1. The molecule has 1 aliphatic rings. The molecule has 0 aromatic heterocycles. The van der Waals surface area contributed by atoms with Crippen molar-refractivity contribution in [1.82, 2.24) is 4.31 Å². The number of hydrogen-bond acceptors (Lipinski definition) is 4. The molecule has 0 radical (unpaired) electrons. The minimum absolute atomic E-state index is 0.127. The van der Waals surface area contributed by atoms with Gasteiger partial charge in [-0.2, -0.15) is 4.31 Å². The van der Waals surface area contributed by atoms with Gasteiger partial charge in [-0.3, -0.25) is 4.79 Å². The maximum Gasteiger partial charge on any atom is 0.318 e. The Balaban J connectivity index is 2.71. The molecular formula is C11H21NO5S. The van der Waals surface area contributed by atoms with Gasteiger partial charge < -0.3 is 9.84 Å². The molecule has 1 aliphatic heterocycles. The van der Waals surface area contributed by atoms with E-state index in [9.17, 15) is 13.2 Å². The second-order valence-corrected chi connectivity index (χ2v) is 6.77. The van der Waals surface area contributed by atoms with Gasteiger partial charge in [-0.25, -0.2) is 8.42 Å². The first kappa shape index (κ1) is 15.4. The molecule has 0 amide bonds. The molecule has 1 unspecified atom stereocenters. The van der Waals surface area contributed by atoms with E-state index < -0.39 is 22.5 Å². The quantitative estimate of drug-likeness (QED) is 0.773. The predicted octanol–water partition coefficient (Wildman–Crippen LogP) is 0.680. The summed E-state index contributed by atoms with van der Waals surface area (Å²) in [6, 6.07) is -0.366. The van der Waals surface area contributed by atoms with Crippen LogP contribution in [0.15, 0.2) is 0 Å². The van der Waals surface area contributed by atoms with Crippen LogP contribution in [0.3, 0.4) is 0 Å². The van der Waals surface area contributed by atoms with E-state index in [-0.39, 0.29) is 17.9 Å². The van der Waals surface area contributed by atoms with Crippen molar-refractivity contribution < 1.29 is 23.1 Å². The Morgan fingerprint density at radius 3 is 2.56 bits per heavy atom. The van der Waals surface area contributed by atoms with Gasteiger partial charge in [0.15, 0.2) is 0 Å². The van der Waals surface area contributed by atoms with E-state index in [0.717, 1.165) is 23.6 Å². The normalized spacial score (nSPS) is 21.4. The third kappa shape index (κ3) is 4.55. The molecule has 1 fully saturated rings. The smallest absolute Gasteiger partial charge is 0.318 e. The van der Waals surface area contributed by atoms with Crippen LogP contribution in [0.25, 0.3) is 0 Å². The molecule has 18 heavy (non-hydrogen) atoms. The lowest BCUT2D eigenvalue weighted by Gasteiger charge is -2.28. The van der Waals surface area contributed by atoms with Crippen molar-refractivity contribution in [1.29, 1.82) is 0 Å². The lowest BCUT2D eigenvalue weighted by atomic mass is 10.1. The summed E-state index contributed by atoms with van der Waals surface area (Å²) in [7, 11) is -3.59. The van der Waals surface area contributed by atoms with Crippen molar-refractivity contribution in [3.05, 3.63) is 0 Å². The van der Waals surface area contributed by atoms with E-state index in [4.69, 9.17) is 9.84 Å². The highest BCUT2D eigenvalue weighted by molar-refractivity contribution is 7.89. The molecular weight excluding hydrogens is 258 g/mol. The minimum atomic E-state index is -3.59. The largest absolute Gasteiger partial charge is 0.480 e. The molecule has 6 nitrogen and oxygen atoms in total. The van der Waals surface area contributed by atoms with Gasteiger partial charge in [0.25, 0.3) is 0 Å². The molecule has 1 saturated heterocycles. The number of sulfonamides is 1. The summed E-state index contributed by atoms with van der Waals surface area (Å²) in [4.78, 5) is 10.7. The summed E-state index contributed by atoms with van der Waals surface area (Å²) in [6.07, 6.45) is 2.33. The van der Waals surface area contributed by atoms with Crippen molar-refractivity contribution in [2.24, 2.45) is 0 Å². The number of ether oxygens (including phenoxy) is 1. The van der Waals surface area contributed by atoms with Gasteiger partial charge in [0.2, 0.25) is 10.0 Å². The van der Waals surface area contributed by atoms with Crippen LogP contribution in [0.1, 0.15) is 33.1 Å². The lowest BCUT2D eigenvalue weighted by Crippen LogP contribution is -2.44. The van der Waals surface area contributed by atoms with Gasteiger partial charge in [-0.15, -0.1) is 0 Å². The second-order valence-electron chi connectivity index (χ2n) is 4.80. The average Bonchev–Trinajstić information content (AvgIpc) is 2.26. The van der Waals surface area contributed by atoms with Crippen molar-refractivity contribution in [3.8, 4) is 0 Å². The van der Waals surface area contributed by atoms with Gasteiger partial charge in [-0.1, -0.05) is 0 Å². The van der Waals surface area contributed by atoms with Crippen molar-refractivity contribution in [2.45, 2.75) is 45.3 Å². The van der Waals surface area contributed by atoms with E-state index in [0.29, 0.717) is 6.61 Å². The average molecular weight is 279 g/mol. The van der Waals surface area contributed by atoms with E-state index in [1.54, 1.807) is 13.8 Å². The van der Waals surface area contributed by atoms with Crippen LogP contribution in [-0.4, -0.2) is 54.8 Å². The van der Waals surface area contributed by atoms with Gasteiger partial charge in [0, 0.05) is 12.6 Å². The number of carboxylic acid groups (broad SMARTS) is 1. The van der Waals surface area contributed by atoms with Crippen molar-refractivity contribution in [2.75, 3.05) is 18.9 Å². The number of carbonyl (C=O) groups is 1. The van der Waals surface area contributed by atoms with Crippen molar-refractivity contribution >= 4 is 16.0 Å². The molecule has 1 heterocycles. The Hall–Kier alpha value is -0.660. The molecule has 0 aromatic rings. The second kappa shape index (κ2) is 6.49. The van der Waals surface area contributed by atoms with Crippen LogP contribution < -0.4 is 0 Å². The summed E-state index contributed by atoms with van der Waals surface area (Å²) in [6.45, 7) is 3.43. The molecule has 106 valence electrons. The zero-order valence-corrected chi connectivity index (χ0v) is 11.6. The summed E-state index contributed by atoms with van der Waals surface area (Å²) in [5, 5.41) is 8.76. The fourth-order valence-corrected chi connectivity index (χ4v) is 3.88. The first-order valence-electron chi connectivity index (χ1n) is 6.16. The van der Waals surface area contributed by atoms with E-state index in [2.05, 4.69) is 0 Å². The highest BCUT2D eigenvalue weighted by Crippen LogP contribution is 2.17. The van der Waals surface area contributed by atoms with Crippen LogP contribution in [-0.2, 0) is 19.6 Å². The Morgan fingerprint density at radius 1 is 1.44 bits per heavy atom. The number of rotatable bonds is 6. The Labute approximate surface area is 108 Å². The highest BCUT2D eigenvalue weighted by atomic mass is 32.2. The topological polar surface area (TPSA) is 83.9 Å². The zero-order valence-electron chi connectivity index (χ0n) is 10.8. The monoisotopic (exact) mass is 279 g/mol. The zero-order chi connectivity index (χ0) is 13.8. The molecule has 0 saturated carbocycles. The van der Waals surface area contributed by atoms with Crippen LogP contribution >= 0.6 is 0 Å². The third-order valence-corrected chi connectivity index (χ3v) is 4.95. The third-order valence-electron chi connectivity index (χ3n) is 2.89. The highest BCUT2D eigenvalue weighted by Gasteiger charge is 2.30. The number of nitrogens with zero attached hydrogens (tertiary/aromatic N) is 1. The summed E-state index contributed by atoms with van der Waals surface area (Å²) in [5.74, 6) is -1.27. The molecule has 7 heteroatoms. The predicted molar refractivity (Wildman–Crippen MR) is 66.9 cm³/mol. The van der Waals surface area contributed by atoms with Gasteiger partial charge in [0.1, 0.15) is 6.54 Å². The van der Waals surface area contributed by atoms with Gasteiger partial charge in [-0.05, 0) is 33.1 Å². The first-order chi connectivity index (χ1) is 8.33. The number of carboxylic acids is 1. The van der Waals surface area contributed by atoms with Crippen LogP contribution in [0.4, 0.5) is 0 Å². The number of aliphatic carboxylic acids is 1. The maximum absolute atomic E-state index is 12.2. The maximum atomic E-state index is 12.2. The van der Waals surface area contributed by atoms with E-state index >= 15 is 0 Å².